The monoisotopic (exact) mass is 536 g/mol. The first-order valence-electron chi connectivity index (χ1n) is 13.5. The predicted molar refractivity (Wildman–Crippen MR) is 152 cm³/mol. The zero-order valence-corrected chi connectivity index (χ0v) is 24.1. The molecule has 8 nitrogen and oxygen atoms in total. The Hall–Kier alpha value is -3.52. The largest absolute Gasteiger partial charge is 0.496 e. The molecule has 2 aromatic carbocycles. The fourth-order valence-electron chi connectivity index (χ4n) is 5.46. The lowest BCUT2D eigenvalue weighted by Gasteiger charge is -2.41. The average Bonchev–Trinajstić information content (AvgIpc) is 3.36. The molecule has 1 aliphatic rings. The van der Waals surface area contributed by atoms with Crippen molar-refractivity contribution in [2.45, 2.75) is 71.6 Å². The van der Waals surface area contributed by atoms with E-state index in [2.05, 4.69) is 4.90 Å². The Kier molecular flexibility index (Phi) is 8.54. The third kappa shape index (κ3) is 6.22. The molecule has 1 saturated heterocycles. The summed E-state index contributed by atoms with van der Waals surface area (Å²) in [4.78, 5) is 27.4. The van der Waals surface area contributed by atoms with Crippen molar-refractivity contribution in [2.24, 2.45) is 0 Å². The first-order chi connectivity index (χ1) is 18.6. The van der Waals surface area contributed by atoms with Gasteiger partial charge < -0.3 is 23.8 Å². The number of methoxy groups -OCH3 is 2. The summed E-state index contributed by atoms with van der Waals surface area (Å²) in [6.45, 7) is 11.0. The molecule has 1 aliphatic heterocycles. The molecule has 1 aromatic heterocycles. The fourth-order valence-corrected chi connectivity index (χ4v) is 5.46. The van der Waals surface area contributed by atoms with Gasteiger partial charge in [-0.15, -0.1) is 0 Å². The van der Waals surface area contributed by atoms with Gasteiger partial charge in [0, 0.05) is 42.0 Å². The molecule has 39 heavy (non-hydrogen) atoms. The van der Waals surface area contributed by atoms with Crippen LogP contribution in [0.2, 0.25) is 0 Å². The first-order valence-corrected chi connectivity index (χ1v) is 13.5. The maximum atomic E-state index is 13.0. The minimum Gasteiger partial charge on any atom is -0.496 e. The second-order valence-corrected chi connectivity index (χ2v) is 11.0. The molecule has 0 spiro atoms. The summed E-state index contributed by atoms with van der Waals surface area (Å²) in [5.41, 5.74) is 3.76. The van der Waals surface area contributed by atoms with Crippen LogP contribution in [0.1, 0.15) is 62.0 Å². The van der Waals surface area contributed by atoms with Crippen molar-refractivity contribution in [2.75, 3.05) is 32.3 Å². The van der Waals surface area contributed by atoms with Crippen LogP contribution in [-0.2, 0) is 20.6 Å². The zero-order chi connectivity index (χ0) is 28.3. The van der Waals surface area contributed by atoms with Gasteiger partial charge in [0.25, 0.3) is 0 Å². The van der Waals surface area contributed by atoms with Crippen LogP contribution in [-0.4, -0.2) is 61.7 Å². The van der Waals surface area contributed by atoms with Crippen molar-refractivity contribution in [3.8, 4) is 5.75 Å². The Balaban J connectivity index is 1.72. The molecular formula is C31H40N2O6. The van der Waals surface area contributed by atoms with E-state index in [0.29, 0.717) is 12.2 Å². The number of fused-ring (bicyclic) bond motifs is 1. The van der Waals surface area contributed by atoms with Crippen molar-refractivity contribution >= 4 is 28.7 Å². The molecule has 0 radical (unpaired) electrons. The smallest absolute Gasteiger partial charge is 0.419 e. The van der Waals surface area contributed by atoms with Crippen molar-refractivity contribution in [3.05, 3.63) is 59.3 Å². The van der Waals surface area contributed by atoms with Gasteiger partial charge in [0.1, 0.15) is 11.4 Å². The molecule has 2 atom stereocenters. The maximum absolute atomic E-state index is 13.0. The number of rotatable bonds is 7. The molecule has 2 heterocycles. The van der Waals surface area contributed by atoms with E-state index in [1.165, 1.54) is 7.11 Å². The van der Waals surface area contributed by atoms with Gasteiger partial charge in [-0.2, -0.15) is 0 Å². The van der Waals surface area contributed by atoms with E-state index in [1.54, 1.807) is 30.0 Å². The number of carbonyl (C=O) groups excluding carboxylic acids is 2. The third-order valence-corrected chi connectivity index (χ3v) is 7.17. The number of hydrogen-bond acceptors (Lipinski definition) is 7. The van der Waals surface area contributed by atoms with Gasteiger partial charge in [0.05, 0.1) is 31.4 Å². The second kappa shape index (κ2) is 11.7. The van der Waals surface area contributed by atoms with Gasteiger partial charge in [-0.3, -0.25) is 4.57 Å². The van der Waals surface area contributed by atoms with E-state index in [0.717, 1.165) is 59.3 Å². The fraction of sp³-hybridized carbons (Fsp3) is 0.484. The Morgan fingerprint density at radius 1 is 1.05 bits per heavy atom. The van der Waals surface area contributed by atoms with Gasteiger partial charge >= 0.3 is 12.1 Å². The number of anilines is 1. The molecule has 0 saturated carbocycles. The highest BCUT2D eigenvalue weighted by Crippen LogP contribution is 2.36. The van der Waals surface area contributed by atoms with Crippen LogP contribution in [0.4, 0.5) is 10.5 Å². The van der Waals surface area contributed by atoms with Gasteiger partial charge in [-0.1, -0.05) is 0 Å². The van der Waals surface area contributed by atoms with Crippen molar-refractivity contribution in [1.82, 2.24) is 4.57 Å². The van der Waals surface area contributed by atoms with Gasteiger partial charge in [-0.25, -0.2) is 9.59 Å². The number of aromatic nitrogens is 1. The molecule has 3 aromatic rings. The van der Waals surface area contributed by atoms with E-state index in [4.69, 9.17) is 18.9 Å². The van der Waals surface area contributed by atoms with Crippen molar-refractivity contribution < 1.29 is 28.5 Å². The molecule has 0 bridgehead atoms. The third-order valence-electron chi connectivity index (χ3n) is 7.17. The van der Waals surface area contributed by atoms with Gasteiger partial charge in [-0.05, 0) is 95.8 Å². The Morgan fingerprint density at radius 3 is 2.38 bits per heavy atom. The van der Waals surface area contributed by atoms with Gasteiger partial charge in [0.15, 0.2) is 0 Å². The first kappa shape index (κ1) is 28.5. The summed E-state index contributed by atoms with van der Waals surface area (Å²) in [6, 6.07) is 11.7. The Labute approximate surface area is 230 Å². The number of ether oxygens (including phenoxy) is 4. The lowest BCUT2D eigenvalue weighted by molar-refractivity contribution is 0.0465. The number of benzene rings is 2. The van der Waals surface area contributed by atoms with Crippen molar-refractivity contribution in [3.63, 3.8) is 0 Å². The summed E-state index contributed by atoms with van der Waals surface area (Å²) in [5, 5.41) is 0.977. The zero-order valence-electron chi connectivity index (χ0n) is 24.1. The molecule has 8 heteroatoms. The molecule has 2 unspecified atom stereocenters. The van der Waals surface area contributed by atoms with Crippen molar-refractivity contribution in [1.29, 1.82) is 0 Å². The molecule has 1 fully saturated rings. The predicted octanol–water partition coefficient (Wildman–Crippen LogP) is 6.14. The van der Waals surface area contributed by atoms with Crippen LogP contribution in [0.15, 0.2) is 42.6 Å². The molecule has 0 amide bonds. The minimum atomic E-state index is -0.597. The summed E-state index contributed by atoms with van der Waals surface area (Å²) in [7, 11) is 3.07. The number of esters is 1. The highest BCUT2D eigenvalue weighted by atomic mass is 16.6. The Morgan fingerprint density at radius 2 is 1.77 bits per heavy atom. The maximum Gasteiger partial charge on any atom is 0.419 e. The summed E-state index contributed by atoms with van der Waals surface area (Å²) >= 11 is 0. The highest BCUT2D eigenvalue weighted by molar-refractivity contribution is 5.95. The molecule has 4 rings (SSSR count). The summed E-state index contributed by atoms with van der Waals surface area (Å²) < 4.78 is 24.0. The SMILES string of the molecule is CCOC1CCC(Cc2c(OC)cc(C)c3c2ccn3C(=O)OC(C)(C)C)N(c2ccc(C(=O)OC)cc2)C1. The topological polar surface area (TPSA) is 79.2 Å². The average molecular weight is 537 g/mol. The molecule has 210 valence electrons. The van der Waals surface area contributed by atoms with E-state index in [1.807, 2.05) is 58.9 Å². The normalized spacial score (nSPS) is 17.8. The van der Waals surface area contributed by atoms with E-state index in [-0.39, 0.29) is 18.1 Å². The number of aryl methyl sites for hydroxylation is 1. The van der Waals surface area contributed by atoms with E-state index >= 15 is 0 Å². The molecular weight excluding hydrogens is 496 g/mol. The quantitative estimate of drug-likeness (QED) is 0.335. The minimum absolute atomic E-state index is 0.125. The van der Waals surface area contributed by atoms with Crippen LogP contribution >= 0.6 is 0 Å². The highest BCUT2D eigenvalue weighted by Gasteiger charge is 2.31. The van der Waals surface area contributed by atoms with E-state index < -0.39 is 11.7 Å². The summed E-state index contributed by atoms with van der Waals surface area (Å²) in [6.07, 6.45) is 4.10. The van der Waals surface area contributed by atoms with Crippen LogP contribution in [0.25, 0.3) is 10.9 Å². The Bertz CT molecular complexity index is 1320. The number of piperidine rings is 1. The van der Waals surface area contributed by atoms with Gasteiger partial charge in [0.2, 0.25) is 0 Å². The lowest BCUT2D eigenvalue weighted by Crippen LogP contribution is -2.47. The van der Waals surface area contributed by atoms with Crippen LogP contribution in [0.5, 0.6) is 5.75 Å². The number of hydrogen-bond donors (Lipinski definition) is 0. The van der Waals surface area contributed by atoms with Crippen LogP contribution < -0.4 is 9.64 Å². The summed E-state index contributed by atoms with van der Waals surface area (Å²) in [5.74, 6) is 0.445. The molecule has 0 aliphatic carbocycles. The van der Waals surface area contributed by atoms with E-state index in [9.17, 15) is 9.59 Å². The molecule has 0 N–H and O–H groups in total. The lowest BCUT2D eigenvalue weighted by atomic mass is 9.91. The second-order valence-electron chi connectivity index (χ2n) is 11.0. The standard InChI is InChI=1S/C31H40N2O6/c1-8-38-24-14-13-23(33(19-24)22-11-9-21(10-12-22)29(34)37-7)18-26-25-15-16-32(30(35)39-31(3,4)5)28(25)20(2)17-27(26)36-6/h9-12,15-17,23-24H,8,13-14,18-19H2,1-7H3. The number of carbonyl (C=O) groups is 2. The van der Waals surface area contributed by atoms with Crippen LogP contribution in [0, 0.1) is 6.92 Å². The number of nitrogens with zero attached hydrogens (tertiary/aromatic N) is 2. The van der Waals surface area contributed by atoms with Crippen LogP contribution in [0.3, 0.4) is 0 Å².